The van der Waals surface area contributed by atoms with Crippen molar-refractivity contribution in [1.29, 1.82) is 0 Å². The van der Waals surface area contributed by atoms with Crippen LogP contribution >= 0.6 is 0 Å². The van der Waals surface area contributed by atoms with Crippen LogP contribution in [0, 0.1) is 0 Å². The van der Waals surface area contributed by atoms with E-state index in [-0.39, 0.29) is 6.61 Å². The molecule has 1 saturated heterocycles. The fraction of sp³-hybridized carbons (Fsp3) is 0.400. The van der Waals surface area contributed by atoms with Crippen molar-refractivity contribution >= 4 is 0 Å². The Morgan fingerprint density at radius 1 is 1.17 bits per heavy atom. The van der Waals surface area contributed by atoms with Gasteiger partial charge in [-0.15, -0.1) is 0 Å². The van der Waals surface area contributed by atoms with Crippen molar-refractivity contribution in [2.75, 3.05) is 13.7 Å². The zero-order chi connectivity index (χ0) is 16.8. The van der Waals surface area contributed by atoms with Gasteiger partial charge in [-0.2, -0.15) is 0 Å². The summed E-state index contributed by atoms with van der Waals surface area (Å²) < 4.78 is 5.44. The molecule has 1 aliphatic rings. The smallest absolute Gasteiger partial charge is 0.123 e. The number of aliphatic hydroxyl groups is 1. The Morgan fingerprint density at radius 3 is 2.71 bits per heavy atom. The number of para-hydroxylation sites is 1. The maximum atomic E-state index is 9.21. The van der Waals surface area contributed by atoms with E-state index in [0.717, 1.165) is 30.8 Å². The highest BCUT2D eigenvalue weighted by Crippen LogP contribution is 2.25. The SMILES string of the molecule is COc1ccccc1CN[C@H]1CCCN[C@H]1c1ccc(CO)cc1. The highest BCUT2D eigenvalue weighted by atomic mass is 16.5. The summed E-state index contributed by atoms with van der Waals surface area (Å²) in [6.45, 7) is 1.93. The Morgan fingerprint density at radius 2 is 1.96 bits per heavy atom. The first kappa shape index (κ1) is 17.0. The predicted octanol–water partition coefficient (Wildman–Crippen LogP) is 2.77. The lowest BCUT2D eigenvalue weighted by atomic mass is 9.91. The highest BCUT2D eigenvalue weighted by Gasteiger charge is 2.25. The van der Waals surface area contributed by atoms with E-state index < -0.39 is 0 Å². The van der Waals surface area contributed by atoms with Crippen molar-refractivity contribution in [3.8, 4) is 5.75 Å². The lowest BCUT2D eigenvalue weighted by Crippen LogP contribution is -2.45. The average Bonchev–Trinajstić information content (AvgIpc) is 2.67. The van der Waals surface area contributed by atoms with Crippen molar-refractivity contribution in [2.24, 2.45) is 0 Å². The molecule has 1 heterocycles. The van der Waals surface area contributed by atoms with Gasteiger partial charge in [0.2, 0.25) is 0 Å². The topological polar surface area (TPSA) is 53.5 Å². The molecule has 3 N–H and O–H groups in total. The summed E-state index contributed by atoms with van der Waals surface area (Å²) in [5, 5.41) is 16.5. The van der Waals surface area contributed by atoms with Crippen LogP contribution < -0.4 is 15.4 Å². The van der Waals surface area contributed by atoms with Crippen LogP contribution in [-0.2, 0) is 13.2 Å². The Hall–Kier alpha value is -1.88. The Bertz CT molecular complexity index is 642. The second-order valence-corrected chi connectivity index (χ2v) is 6.27. The van der Waals surface area contributed by atoms with Gasteiger partial charge in [0.1, 0.15) is 5.75 Å². The molecule has 3 rings (SSSR count). The number of aliphatic hydroxyl groups excluding tert-OH is 1. The molecule has 0 unspecified atom stereocenters. The summed E-state index contributed by atoms with van der Waals surface area (Å²) in [4.78, 5) is 0. The third kappa shape index (κ3) is 3.96. The molecular formula is C20H26N2O2. The largest absolute Gasteiger partial charge is 0.496 e. The summed E-state index contributed by atoms with van der Waals surface area (Å²) >= 11 is 0. The molecule has 0 bridgehead atoms. The van der Waals surface area contributed by atoms with Crippen molar-refractivity contribution in [3.63, 3.8) is 0 Å². The molecule has 2 atom stereocenters. The van der Waals surface area contributed by atoms with Crippen LogP contribution in [0.1, 0.15) is 35.6 Å². The van der Waals surface area contributed by atoms with Crippen LogP contribution in [0.15, 0.2) is 48.5 Å². The van der Waals surface area contributed by atoms with E-state index in [1.54, 1.807) is 7.11 Å². The van der Waals surface area contributed by atoms with Crippen LogP contribution in [0.25, 0.3) is 0 Å². The standard InChI is InChI=1S/C20H26N2O2/c1-24-19-7-3-2-5-17(19)13-22-18-6-4-12-21-20(18)16-10-8-15(14-23)9-11-16/h2-3,5,7-11,18,20-23H,4,6,12-14H2,1H3/t18-,20-/m0/s1. The first-order valence-electron chi connectivity index (χ1n) is 8.60. The van der Waals surface area contributed by atoms with Gasteiger partial charge in [-0.3, -0.25) is 0 Å². The fourth-order valence-corrected chi connectivity index (χ4v) is 3.38. The molecule has 1 aliphatic heterocycles. The van der Waals surface area contributed by atoms with Crippen molar-refractivity contribution in [1.82, 2.24) is 10.6 Å². The van der Waals surface area contributed by atoms with E-state index in [4.69, 9.17) is 4.74 Å². The Balaban J connectivity index is 1.70. The van der Waals surface area contributed by atoms with Gasteiger partial charge >= 0.3 is 0 Å². The van der Waals surface area contributed by atoms with Crippen LogP contribution in [0.4, 0.5) is 0 Å². The molecule has 4 heteroatoms. The van der Waals surface area contributed by atoms with E-state index in [9.17, 15) is 5.11 Å². The molecule has 1 fully saturated rings. The molecule has 2 aromatic rings. The summed E-state index contributed by atoms with van der Waals surface area (Å²) in [7, 11) is 1.71. The molecule has 2 aromatic carbocycles. The molecule has 128 valence electrons. The van der Waals surface area contributed by atoms with Crippen LogP contribution in [-0.4, -0.2) is 24.8 Å². The molecule has 24 heavy (non-hydrogen) atoms. The number of hydrogen-bond acceptors (Lipinski definition) is 4. The minimum atomic E-state index is 0.0911. The van der Waals surface area contributed by atoms with Gasteiger partial charge in [-0.05, 0) is 36.6 Å². The van der Waals surface area contributed by atoms with E-state index >= 15 is 0 Å². The summed E-state index contributed by atoms with van der Waals surface area (Å²) in [6.07, 6.45) is 2.32. The van der Waals surface area contributed by atoms with Gasteiger partial charge in [0.05, 0.1) is 13.7 Å². The highest BCUT2D eigenvalue weighted by molar-refractivity contribution is 5.33. The monoisotopic (exact) mass is 326 g/mol. The third-order valence-corrected chi connectivity index (χ3v) is 4.73. The molecule has 0 radical (unpaired) electrons. The molecule has 0 amide bonds. The first-order valence-corrected chi connectivity index (χ1v) is 8.60. The van der Waals surface area contributed by atoms with Gasteiger partial charge in [0, 0.05) is 24.2 Å². The average molecular weight is 326 g/mol. The van der Waals surface area contributed by atoms with Crippen LogP contribution in [0.5, 0.6) is 5.75 Å². The van der Waals surface area contributed by atoms with E-state index in [1.807, 2.05) is 30.3 Å². The lowest BCUT2D eigenvalue weighted by Gasteiger charge is -2.34. The van der Waals surface area contributed by atoms with Crippen LogP contribution in [0.2, 0.25) is 0 Å². The number of piperidine rings is 1. The van der Waals surface area contributed by atoms with Crippen molar-refractivity contribution < 1.29 is 9.84 Å². The van der Waals surface area contributed by atoms with Gasteiger partial charge in [-0.1, -0.05) is 42.5 Å². The summed E-state index contributed by atoms with van der Waals surface area (Å²) in [5.74, 6) is 0.928. The molecule has 0 spiro atoms. The Kier molecular flexibility index (Phi) is 5.86. The van der Waals surface area contributed by atoms with Gasteiger partial charge < -0.3 is 20.5 Å². The van der Waals surface area contributed by atoms with Crippen molar-refractivity contribution in [2.45, 2.75) is 38.1 Å². The normalized spacial score (nSPS) is 20.8. The van der Waals surface area contributed by atoms with Gasteiger partial charge in [-0.25, -0.2) is 0 Å². The second kappa shape index (κ2) is 8.29. The van der Waals surface area contributed by atoms with Crippen molar-refractivity contribution in [3.05, 3.63) is 65.2 Å². The second-order valence-electron chi connectivity index (χ2n) is 6.27. The van der Waals surface area contributed by atoms with Gasteiger partial charge in [0.15, 0.2) is 0 Å². The summed E-state index contributed by atoms with van der Waals surface area (Å²) in [6, 6.07) is 17.1. The number of nitrogens with one attached hydrogen (secondary N) is 2. The molecular weight excluding hydrogens is 300 g/mol. The number of hydrogen-bond donors (Lipinski definition) is 3. The number of ether oxygens (including phenoxy) is 1. The quantitative estimate of drug-likeness (QED) is 0.764. The van der Waals surface area contributed by atoms with Gasteiger partial charge in [0.25, 0.3) is 0 Å². The maximum absolute atomic E-state index is 9.21. The minimum Gasteiger partial charge on any atom is -0.496 e. The third-order valence-electron chi connectivity index (χ3n) is 4.73. The first-order chi connectivity index (χ1) is 11.8. The minimum absolute atomic E-state index is 0.0911. The molecule has 0 aromatic heterocycles. The predicted molar refractivity (Wildman–Crippen MR) is 96.0 cm³/mol. The molecule has 0 saturated carbocycles. The molecule has 0 aliphatic carbocycles. The van der Waals surface area contributed by atoms with E-state index in [1.165, 1.54) is 17.5 Å². The Labute approximate surface area is 143 Å². The number of methoxy groups -OCH3 is 1. The number of rotatable bonds is 6. The van der Waals surface area contributed by atoms with E-state index in [2.05, 4.69) is 28.8 Å². The summed E-state index contributed by atoms with van der Waals surface area (Å²) in [5.41, 5.74) is 3.40. The lowest BCUT2D eigenvalue weighted by molar-refractivity contribution is 0.281. The zero-order valence-corrected chi connectivity index (χ0v) is 14.2. The molecule has 4 nitrogen and oxygen atoms in total. The fourth-order valence-electron chi connectivity index (χ4n) is 3.38. The van der Waals surface area contributed by atoms with E-state index in [0.29, 0.717) is 12.1 Å². The maximum Gasteiger partial charge on any atom is 0.123 e. The zero-order valence-electron chi connectivity index (χ0n) is 14.2. The number of benzene rings is 2. The van der Waals surface area contributed by atoms with Crippen LogP contribution in [0.3, 0.4) is 0 Å².